The minimum atomic E-state index is -0.373. The van der Waals surface area contributed by atoms with Gasteiger partial charge in [-0.25, -0.2) is 0 Å². The third-order valence-corrected chi connectivity index (χ3v) is 5.06. The molecule has 27 heavy (non-hydrogen) atoms. The molecule has 2 aromatic carbocycles. The molecule has 0 bridgehead atoms. The molecule has 0 spiro atoms. The molecular formula is C18H16ClN5O2S. The Kier molecular flexibility index (Phi) is 6.20. The molecule has 1 heterocycles. The summed E-state index contributed by atoms with van der Waals surface area (Å²) in [5.41, 5.74) is 2.54. The number of aryl methyl sites for hydroxylation is 1. The summed E-state index contributed by atoms with van der Waals surface area (Å²) in [6.45, 7) is 1.89. The normalized spacial score (nSPS) is 11.2. The molecule has 138 valence electrons. The van der Waals surface area contributed by atoms with Gasteiger partial charge in [-0.3, -0.25) is 10.1 Å². The van der Waals surface area contributed by atoms with Gasteiger partial charge in [0, 0.05) is 28.0 Å². The molecule has 9 heteroatoms. The average Bonchev–Trinajstić information content (AvgIpc) is 3.13. The Morgan fingerprint density at radius 2 is 2.07 bits per heavy atom. The number of thioether (sulfide) groups is 1. The summed E-state index contributed by atoms with van der Waals surface area (Å²) in [6, 6.07) is 12.7. The third kappa shape index (κ3) is 4.93. The van der Waals surface area contributed by atoms with Gasteiger partial charge in [0.15, 0.2) is 0 Å². The lowest BCUT2D eigenvalue weighted by Crippen LogP contribution is -1.97. The number of halogens is 1. The number of hydrogen-bond acceptors (Lipinski definition) is 6. The van der Waals surface area contributed by atoms with E-state index in [1.807, 2.05) is 31.2 Å². The summed E-state index contributed by atoms with van der Waals surface area (Å²) in [4.78, 5) is 10.8. The van der Waals surface area contributed by atoms with Gasteiger partial charge in [-0.15, -0.1) is 10.2 Å². The minimum absolute atomic E-state index is 0.0996. The highest BCUT2D eigenvalue weighted by molar-refractivity contribution is 7.98. The van der Waals surface area contributed by atoms with Gasteiger partial charge < -0.3 is 0 Å². The van der Waals surface area contributed by atoms with Crippen LogP contribution in [0.4, 0.5) is 5.69 Å². The van der Waals surface area contributed by atoms with Crippen molar-refractivity contribution in [2.45, 2.75) is 24.3 Å². The van der Waals surface area contributed by atoms with Gasteiger partial charge in [-0.1, -0.05) is 54.6 Å². The van der Waals surface area contributed by atoms with Gasteiger partial charge in [-0.2, -0.15) is 9.78 Å². The Balaban J connectivity index is 1.73. The summed E-state index contributed by atoms with van der Waals surface area (Å²) >= 11 is 7.38. The predicted octanol–water partition coefficient (Wildman–Crippen LogP) is 4.58. The van der Waals surface area contributed by atoms with Crippen molar-refractivity contribution in [1.82, 2.24) is 14.9 Å². The van der Waals surface area contributed by atoms with E-state index in [9.17, 15) is 10.1 Å². The first-order valence-corrected chi connectivity index (χ1v) is 9.52. The number of nitro benzene ring substituents is 1. The Morgan fingerprint density at radius 3 is 2.78 bits per heavy atom. The second-order valence-electron chi connectivity index (χ2n) is 5.62. The summed E-state index contributed by atoms with van der Waals surface area (Å²) < 4.78 is 1.54. The van der Waals surface area contributed by atoms with Crippen molar-refractivity contribution in [2.75, 3.05) is 0 Å². The van der Waals surface area contributed by atoms with Crippen LogP contribution >= 0.6 is 23.4 Å². The SMILES string of the molecule is CCc1ccc(/C=N\n2cnnc2SCc2ccc(Cl)cc2)cc1[N+](=O)[O-]. The lowest BCUT2D eigenvalue weighted by molar-refractivity contribution is -0.385. The van der Waals surface area contributed by atoms with Crippen LogP contribution in [0.15, 0.2) is 59.0 Å². The highest BCUT2D eigenvalue weighted by Crippen LogP contribution is 2.22. The summed E-state index contributed by atoms with van der Waals surface area (Å²) in [5.74, 6) is 0.696. The van der Waals surface area contributed by atoms with Crippen LogP contribution in [-0.4, -0.2) is 26.0 Å². The molecule has 0 radical (unpaired) electrons. The lowest BCUT2D eigenvalue weighted by atomic mass is 10.1. The Morgan fingerprint density at radius 1 is 1.30 bits per heavy atom. The molecule has 1 aromatic heterocycles. The van der Waals surface area contributed by atoms with Crippen LogP contribution in [0.1, 0.15) is 23.6 Å². The third-order valence-electron chi connectivity index (χ3n) is 3.80. The fraction of sp³-hybridized carbons (Fsp3) is 0.167. The largest absolute Gasteiger partial charge is 0.273 e. The molecule has 0 unspecified atom stereocenters. The maximum atomic E-state index is 11.2. The quantitative estimate of drug-likeness (QED) is 0.250. The van der Waals surface area contributed by atoms with Crippen molar-refractivity contribution in [3.8, 4) is 0 Å². The molecule has 0 aliphatic heterocycles. The second-order valence-corrected chi connectivity index (χ2v) is 7.00. The fourth-order valence-electron chi connectivity index (χ4n) is 2.38. The molecule has 0 aliphatic carbocycles. The molecule has 0 saturated carbocycles. The van der Waals surface area contributed by atoms with E-state index in [0.717, 1.165) is 5.56 Å². The van der Waals surface area contributed by atoms with Crippen LogP contribution in [0.2, 0.25) is 5.02 Å². The molecule has 0 aliphatic rings. The Labute approximate surface area is 165 Å². The van der Waals surface area contributed by atoms with Crippen molar-refractivity contribution < 1.29 is 4.92 Å². The van der Waals surface area contributed by atoms with E-state index in [-0.39, 0.29) is 10.6 Å². The van der Waals surface area contributed by atoms with Crippen molar-refractivity contribution in [2.24, 2.45) is 5.10 Å². The van der Waals surface area contributed by atoms with Gasteiger partial charge in [0.1, 0.15) is 6.33 Å². The standard InChI is InChI=1S/C18H16ClN5O2S/c1-2-15-6-3-14(9-17(15)24(25)26)10-21-23-12-20-22-18(23)27-11-13-4-7-16(19)8-5-13/h3-10,12H,2,11H2,1H3/b21-10-. The van der Waals surface area contributed by atoms with Crippen molar-refractivity contribution in [3.63, 3.8) is 0 Å². The predicted molar refractivity (Wildman–Crippen MR) is 107 cm³/mol. The molecule has 3 aromatic rings. The summed E-state index contributed by atoms with van der Waals surface area (Å²) in [6.07, 6.45) is 3.66. The second kappa shape index (κ2) is 8.79. The molecule has 0 atom stereocenters. The Bertz CT molecular complexity index is 972. The maximum absolute atomic E-state index is 11.2. The molecule has 0 N–H and O–H groups in total. The van der Waals surface area contributed by atoms with E-state index in [1.165, 1.54) is 24.2 Å². The van der Waals surface area contributed by atoms with Gasteiger partial charge in [0.05, 0.1) is 11.1 Å². The number of benzene rings is 2. The van der Waals surface area contributed by atoms with Crippen molar-refractivity contribution in [3.05, 3.63) is 80.6 Å². The Hall–Kier alpha value is -2.71. The molecule has 3 rings (SSSR count). The molecule has 0 saturated heterocycles. The smallest absolute Gasteiger partial charge is 0.258 e. The minimum Gasteiger partial charge on any atom is -0.258 e. The number of rotatable bonds is 7. The molecule has 0 amide bonds. The first kappa shape index (κ1) is 19.1. The monoisotopic (exact) mass is 401 g/mol. The van der Waals surface area contributed by atoms with Gasteiger partial charge in [0.2, 0.25) is 5.16 Å². The zero-order valence-electron chi connectivity index (χ0n) is 14.4. The molecule has 0 fully saturated rings. The average molecular weight is 402 g/mol. The van der Waals surface area contributed by atoms with E-state index >= 15 is 0 Å². The van der Waals surface area contributed by atoms with Gasteiger partial charge >= 0.3 is 0 Å². The van der Waals surface area contributed by atoms with E-state index in [2.05, 4.69) is 15.3 Å². The number of nitrogens with zero attached hydrogens (tertiary/aromatic N) is 5. The van der Waals surface area contributed by atoms with Crippen molar-refractivity contribution >= 4 is 35.3 Å². The van der Waals surface area contributed by atoms with Crippen LogP contribution in [0.3, 0.4) is 0 Å². The van der Waals surface area contributed by atoms with Crippen LogP contribution in [0, 0.1) is 10.1 Å². The van der Waals surface area contributed by atoms with E-state index < -0.39 is 0 Å². The van der Waals surface area contributed by atoms with Crippen LogP contribution in [0.25, 0.3) is 0 Å². The number of nitro groups is 1. The van der Waals surface area contributed by atoms with Gasteiger partial charge in [0.25, 0.3) is 5.69 Å². The summed E-state index contributed by atoms with van der Waals surface area (Å²) in [5, 5.41) is 24.8. The highest BCUT2D eigenvalue weighted by Gasteiger charge is 2.12. The van der Waals surface area contributed by atoms with Gasteiger partial charge in [-0.05, 0) is 24.1 Å². The number of aromatic nitrogens is 3. The molecular weight excluding hydrogens is 386 g/mol. The van der Waals surface area contributed by atoms with Crippen molar-refractivity contribution in [1.29, 1.82) is 0 Å². The van der Waals surface area contributed by atoms with Crippen LogP contribution in [-0.2, 0) is 12.2 Å². The fourth-order valence-corrected chi connectivity index (χ4v) is 3.33. The zero-order valence-corrected chi connectivity index (χ0v) is 16.0. The molecule has 7 nitrogen and oxygen atoms in total. The zero-order chi connectivity index (χ0) is 19.2. The van der Waals surface area contributed by atoms with Crippen LogP contribution < -0.4 is 0 Å². The first-order chi connectivity index (χ1) is 13.1. The van der Waals surface area contributed by atoms with E-state index in [4.69, 9.17) is 11.6 Å². The van der Waals surface area contributed by atoms with E-state index in [0.29, 0.717) is 33.5 Å². The maximum Gasteiger partial charge on any atom is 0.273 e. The topological polar surface area (TPSA) is 86.2 Å². The number of hydrogen-bond donors (Lipinski definition) is 0. The van der Waals surface area contributed by atoms with Crippen LogP contribution in [0.5, 0.6) is 0 Å². The highest BCUT2D eigenvalue weighted by atomic mass is 35.5. The lowest BCUT2D eigenvalue weighted by Gasteiger charge is -2.02. The summed E-state index contributed by atoms with van der Waals surface area (Å²) in [7, 11) is 0. The van der Waals surface area contributed by atoms with E-state index in [1.54, 1.807) is 23.0 Å². The first-order valence-electron chi connectivity index (χ1n) is 8.15.